The number of hydrogen-bond acceptors (Lipinski definition) is 5. The predicted molar refractivity (Wildman–Crippen MR) is 62.0 cm³/mol. The first kappa shape index (κ1) is 12.9. The minimum atomic E-state index is -1.27. The summed E-state index contributed by atoms with van der Waals surface area (Å²) in [6.07, 6.45) is 0. The molecule has 100 valence electrons. The maximum absolute atomic E-state index is 13.9. The lowest BCUT2D eigenvalue weighted by Crippen LogP contribution is -1.96. The van der Waals surface area contributed by atoms with E-state index in [0.29, 0.717) is 5.75 Å². The van der Waals surface area contributed by atoms with Crippen LogP contribution in [0.5, 0.6) is 11.5 Å². The molecule has 0 aliphatic heterocycles. The molecule has 0 fully saturated rings. The summed E-state index contributed by atoms with van der Waals surface area (Å²) in [4.78, 5) is 10.7. The van der Waals surface area contributed by atoms with Gasteiger partial charge in [-0.15, -0.1) is 0 Å². The van der Waals surface area contributed by atoms with Crippen LogP contribution in [0.2, 0.25) is 0 Å². The minimum Gasteiger partial charge on any atom is -0.493 e. The highest BCUT2D eigenvalue weighted by molar-refractivity contribution is 5.87. The Kier molecular flexibility index (Phi) is 3.37. The largest absolute Gasteiger partial charge is 0.493 e. The first-order valence-corrected chi connectivity index (χ1v) is 5.19. The van der Waals surface area contributed by atoms with Crippen molar-refractivity contribution in [2.45, 2.75) is 0 Å². The summed E-state index contributed by atoms with van der Waals surface area (Å²) in [6, 6.07) is 3.68. The van der Waals surface area contributed by atoms with Crippen LogP contribution < -0.4 is 9.47 Å². The zero-order valence-corrected chi connectivity index (χ0v) is 10.1. The van der Waals surface area contributed by atoms with Crippen LogP contribution >= 0.6 is 0 Å². The molecule has 0 atom stereocenters. The minimum absolute atomic E-state index is 0.0400. The number of ether oxygens (including phenoxy) is 2. The summed E-state index contributed by atoms with van der Waals surface area (Å²) in [5, 5.41) is 12.1. The molecule has 0 saturated heterocycles. The van der Waals surface area contributed by atoms with Gasteiger partial charge in [-0.05, 0) is 12.1 Å². The Bertz CT molecular complexity index is 623. The van der Waals surface area contributed by atoms with Gasteiger partial charge in [0.15, 0.2) is 23.0 Å². The van der Waals surface area contributed by atoms with Crippen molar-refractivity contribution in [1.82, 2.24) is 5.16 Å². The second-order valence-electron chi connectivity index (χ2n) is 3.54. The summed E-state index contributed by atoms with van der Waals surface area (Å²) < 4.78 is 28.8. The first-order valence-electron chi connectivity index (χ1n) is 5.19. The van der Waals surface area contributed by atoms with Gasteiger partial charge in [-0.25, -0.2) is 9.18 Å². The molecule has 0 bridgehead atoms. The quantitative estimate of drug-likeness (QED) is 0.914. The van der Waals surface area contributed by atoms with Gasteiger partial charge in [-0.1, -0.05) is 5.16 Å². The Hall–Kier alpha value is -2.57. The molecule has 2 rings (SSSR count). The van der Waals surface area contributed by atoms with Crippen molar-refractivity contribution in [3.63, 3.8) is 0 Å². The SMILES string of the molecule is COc1ccc(F)c(-c2cc(C(=O)O)no2)c1OC. The molecule has 0 amide bonds. The molecule has 0 aliphatic rings. The average Bonchev–Trinajstić information content (AvgIpc) is 2.87. The summed E-state index contributed by atoms with van der Waals surface area (Å²) in [7, 11) is 2.75. The number of rotatable bonds is 4. The highest BCUT2D eigenvalue weighted by Gasteiger charge is 2.22. The number of carbonyl (C=O) groups is 1. The second kappa shape index (κ2) is 4.97. The molecule has 1 N–H and O–H groups in total. The van der Waals surface area contributed by atoms with Crippen molar-refractivity contribution in [1.29, 1.82) is 0 Å². The Balaban J connectivity index is 2.62. The number of nitrogens with zero attached hydrogens (tertiary/aromatic N) is 1. The number of hydrogen-bond donors (Lipinski definition) is 1. The van der Waals surface area contributed by atoms with E-state index in [2.05, 4.69) is 5.16 Å². The van der Waals surface area contributed by atoms with Crippen LogP contribution in [-0.2, 0) is 0 Å². The molecule has 0 spiro atoms. The summed E-state index contributed by atoms with van der Waals surface area (Å²) >= 11 is 0. The van der Waals surface area contributed by atoms with Gasteiger partial charge >= 0.3 is 5.97 Å². The highest BCUT2D eigenvalue weighted by Crippen LogP contribution is 2.40. The molecule has 1 aromatic carbocycles. The molecule has 1 heterocycles. The van der Waals surface area contributed by atoms with Gasteiger partial charge in [0, 0.05) is 6.07 Å². The van der Waals surface area contributed by atoms with Gasteiger partial charge in [0.25, 0.3) is 0 Å². The van der Waals surface area contributed by atoms with Crippen molar-refractivity contribution in [2.24, 2.45) is 0 Å². The third-order valence-electron chi connectivity index (χ3n) is 2.47. The van der Waals surface area contributed by atoms with Crippen molar-refractivity contribution in [3.05, 3.63) is 29.7 Å². The standard InChI is InChI=1S/C12H10FNO5/c1-17-8-4-3-6(13)10(11(8)18-2)9-5-7(12(15)16)14-19-9/h3-5H,1-2H3,(H,15,16). The molecular formula is C12H10FNO5. The van der Waals surface area contributed by atoms with E-state index in [1.165, 1.54) is 26.4 Å². The van der Waals surface area contributed by atoms with E-state index in [9.17, 15) is 9.18 Å². The van der Waals surface area contributed by atoms with Gasteiger partial charge in [0.1, 0.15) is 11.4 Å². The number of aromatic carboxylic acids is 1. The van der Waals surface area contributed by atoms with Crippen LogP contribution in [0.3, 0.4) is 0 Å². The van der Waals surface area contributed by atoms with E-state index in [1.54, 1.807) is 0 Å². The zero-order valence-electron chi connectivity index (χ0n) is 10.1. The number of halogens is 1. The smallest absolute Gasteiger partial charge is 0.358 e. The van der Waals surface area contributed by atoms with E-state index in [4.69, 9.17) is 19.1 Å². The lowest BCUT2D eigenvalue weighted by atomic mass is 10.1. The molecule has 0 aliphatic carbocycles. The Morgan fingerprint density at radius 2 is 2.11 bits per heavy atom. The van der Waals surface area contributed by atoms with Crippen molar-refractivity contribution in [3.8, 4) is 22.8 Å². The molecule has 19 heavy (non-hydrogen) atoms. The van der Waals surface area contributed by atoms with E-state index in [1.807, 2.05) is 0 Å². The number of carboxylic acid groups (broad SMARTS) is 1. The van der Waals surface area contributed by atoms with Gasteiger partial charge < -0.3 is 19.1 Å². The molecule has 0 unspecified atom stereocenters. The Labute approximate surface area is 107 Å². The van der Waals surface area contributed by atoms with Gasteiger partial charge in [-0.2, -0.15) is 0 Å². The first-order chi connectivity index (χ1) is 9.08. The molecule has 1 aromatic heterocycles. The average molecular weight is 267 g/mol. The van der Waals surface area contributed by atoms with Crippen LogP contribution in [0, 0.1) is 5.82 Å². The van der Waals surface area contributed by atoms with Gasteiger partial charge in [-0.3, -0.25) is 0 Å². The molecular weight excluding hydrogens is 257 g/mol. The topological polar surface area (TPSA) is 81.8 Å². The zero-order chi connectivity index (χ0) is 14.0. The van der Waals surface area contributed by atoms with Crippen LogP contribution in [0.4, 0.5) is 4.39 Å². The Morgan fingerprint density at radius 3 is 2.63 bits per heavy atom. The highest BCUT2D eigenvalue weighted by atomic mass is 19.1. The lowest BCUT2D eigenvalue weighted by molar-refractivity contribution is 0.0686. The third kappa shape index (κ3) is 2.22. The van der Waals surface area contributed by atoms with E-state index >= 15 is 0 Å². The van der Waals surface area contributed by atoms with Crippen LogP contribution in [-0.4, -0.2) is 30.5 Å². The Morgan fingerprint density at radius 1 is 1.37 bits per heavy atom. The fourth-order valence-electron chi connectivity index (χ4n) is 1.63. The number of methoxy groups -OCH3 is 2. The fourth-order valence-corrected chi connectivity index (χ4v) is 1.63. The normalized spacial score (nSPS) is 10.3. The van der Waals surface area contributed by atoms with E-state index < -0.39 is 11.8 Å². The van der Waals surface area contributed by atoms with Crippen molar-refractivity contribution >= 4 is 5.97 Å². The summed E-state index contributed by atoms with van der Waals surface area (Å²) in [5.74, 6) is -1.54. The molecule has 2 aromatic rings. The molecule has 7 heteroatoms. The number of carboxylic acids is 1. The monoisotopic (exact) mass is 267 g/mol. The fraction of sp³-hybridized carbons (Fsp3) is 0.167. The number of aromatic nitrogens is 1. The summed E-state index contributed by atoms with van der Waals surface area (Å²) in [5.41, 5.74) is -0.360. The van der Waals surface area contributed by atoms with Crippen molar-refractivity contribution < 1.29 is 28.3 Å². The van der Waals surface area contributed by atoms with Crippen LogP contribution in [0.25, 0.3) is 11.3 Å². The van der Waals surface area contributed by atoms with Crippen LogP contribution in [0.1, 0.15) is 10.5 Å². The molecule has 6 nitrogen and oxygen atoms in total. The van der Waals surface area contributed by atoms with E-state index in [-0.39, 0.29) is 22.8 Å². The van der Waals surface area contributed by atoms with Gasteiger partial charge in [0.2, 0.25) is 0 Å². The molecule has 0 radical (unpaired) electrons. The van der Waals surface area contributed by atoms with Crippen molar-refractivity contribution in [2.75, 3.05) is 14.2 Å². The lowest BCUT2D eigenvalue weighted by Gasteiger charge is -2.11. The van der Waals surface area contributed by atoms with Gasteiger partial charge in [0.05, 0.1) is 14.2 Å². The predicted octanol–water partition coefficient (Wildman–Crippen LogP) is 2.20. The second-order valence-corrected chi connectivity index (χ2v) is 3.54. The van der Waals surface area contributed by atoms with E-state index in [0.717, 1.165) is 6.07 Å². The molecule has 0 saturated carbocycles. The van der Waals surface area contributed by atoms with Crippen LogP contribution in [0.15, 0.2) is 22.7 Å². The number of benzene rings is 1. The summed E-state index contributed by atoms with van der Waals surface area (Å²) in [6.45, 7) is 0. The third-order valence-corrected chi connectivity index (χ3v) is 2.47. The maximum atomic E-state index is 13.9. The maximum Gasteiger partial charge on any atom is 0.358 e.